The van der Waals surface area contributed by atoms with Crippen LogP contribution in [0.1, 0.15) is 38.5 Å². The van der Waals surface area contributed by atoms with E-state index in [0.717, 1.165) is 25.9 Å². The zero-order chi connectivity index (χ0) is 13.8. The first kappa shape index (κ1) is 13.1. The molecule has 1 fully saturated rings. The van der Waals surface area contributed by atoms with E-state index in [1.165, 1.54) is 19.3 Å². The van der Waals surface area contributed by atoms with Gasteiger partial charge in [0.25, 0.3) is 0 Å². The molecule has 6 nitrogen and oxygen atoms in total. The molecule has 2 aliphatic rings. The highest BCUT2D eigenvalue weighted by molar-refractivity contribution is 5.89. The second-order valence-corrected chi connectivity index (χ2v) is 5.55. The van der Waals surface area contributed by atoms with Gasteiger partial charge in [0.15, 0.2) is 0 Å². The van der Waals surface area contributed by atoms with Crippen molar-refractivity contribution >= 4 is 17.8 Å². The lowest BCUT2D eigenvalue weighted by atomic mass is 10.1. The van der Waals surface area contributed by atoms with Crippen LogP contribution >= 0.6 is 0 Å². The van der Waals surface area contributed by atoms with E-state index >= 15 is 0 Å². The van der Waals surface area contributed by atoms with Crippen molar-refractivity contribution in [3.8, 4) is 0 Å². The van der Waals surface area contributed by atoms with Crippen molar-refractivity contribution in [2.24, 2.45) is 5.92 Å². The maximum absolute atomic E-state index is 11.9. The summed E-state index contributed by atoms with van der Waals surface area (Å²) < 4.78 is 0. The quantitative estimate of drug-likeness (QED) is 0.825. The third kappa shape index (κ3) is 3.18. The van der Waals surface area contributed by atoms with Crippen LogP contribution in [-0.4, -0.2) is 34.2 Å². The Balaban J connectivity index is 1.53. The van der Waals surface area contributed by atoms with Gasteiger partial charge < -0.3 is 4.90 Å². The van der Waals surface area contributed by atoms with Crippen LogP contribution in [0.5, 0.6) is 0 Å². The summed E-state index contributed by atoms with van der Waals surface area (Å²) in [5.41, 5.74) is 0. The zero-order valence-electron chi connectivity index (χ0n) is 11.6. The topological polar surface area (TPSA) is 73.9 Å². The number of H-pyrrole nitrogens is 1. The van der Waals surface area contributed by atoms with Crippen molar-refractivity contribution in [1.29, 1.82) is 0 Å². The molecule has 0 aromatic carbocycles. The Hall–Kier alpha value is -1.85. The number of aromatic nitrogens is 3. The number of amides is 1. The number of rotatable bonds is 4. The summed E-state index contributed by atoms with van der Waals surface area (Å²) in [5.74, 6) is 1.53. The molecule has 1 aliphatic heterocycles. The highest BCUT2D eigenvalue weighted by Crippen LogP contribution is 2.21. The average Bonchev–Trinajstić information content (AvgIpc) is 3.11. The second kappa shape index (κ2) is 6.07. The van der Waals surface area contributed by atoms with Crippen LogP contribution in [-0.2, 0) is 4.79 Å². The van der Waals surface area contributed by atoms with Gasteiger partial charge in [-0.15, -0.1) is 5.10 Å². The molecule has 0 bridgehead atoms. The normalized spacial score (nSPS) is 22.2. The Morgan fingerprint density at radius 3 is 3.00 bits per heavy atom. The highest BCUT2D eigenvalue weighted by Gasteiger charge is 2.18. The molecule has 1 aliphatic carbocycles. The highest BCUT2D eigenvalue weighted by atomic mass is 16.1. The first-order valence-corrected chi connectivity index (χ1v) is 7.45. The van der Waals surface area contributed by atoms with Gasteiger partial charge in [0.05, 0.1) is 0 Å². The van der Waals surface area contributed by atoms with Gasteiger partial charge in [-0.05, 0) is 38.0 Å². The van der Waals surface area contributed by atoms with Gasteiger partial charge in [-0.2, -0.15) is 4.98 Å². The van der Waals surface area contributed by atoms with E-state index in [9.17, 15) is 4.79 Å². The van der Waals surface area contributed by atoms with Gasteiger partial charge in [0, 0.05) is 19.5 Å². The molecule has 6 heteroatoms. The summed E-state index contributed by atoms with van der Waals surface area (Å²) >= 11 is 0. The molecule has 0 unspecified atom stereocenters. The first-order chi connectivity index (χ1) is 9.81. The van der Waals surface area contributed by atoms with Crippen LogP contribution in [0, 0.1) is 5.92 Å². The number of allylic oxidation sites excluding steroid dienone is 2. The minimum atomic E-state index is 0.00268. The second-order valence-electron chi connectivity index (χ2n) is 5.55. The molecule has 1 saturated heterocycles. The number of carbonyl (C=O) groups is 1. The largest absolute Gasteiger partial charge is 0.340 e. The summed E-state index contributed by atoms with van der Waals surface area (Å²) in [6, 6.07) is 0. The Bertz CT molecular complexity index is 490. The number of anilines is 2. The summed E-state index contributed by atoms with van der Waals surface area (Å²) in [4.78, 5) is 18.4. The predicted octanol–water partition coefficient (Wildman–Crippen LogP) is 2.09. The molecule has 3 rings (SSSR count). The van der Waals surface area contributed by atoms with E-state index in [1.54, 1.807) is 0 Å². The lowest BCUT2D eigenvalue weighted by molar-refractivity contribution is -0.116. The minimum absolute atomic E-state index is 0.00268. The van der Waals surface area contributed by atoms with Crippen LogP contribution < -0.4 is 10.2 Å². The van der Waals surface area contributed by atoms with Crippen molar-refractivity contribution < 1.29 is 4.79 Å². The van der Waals surface area contributed by atoms with Gasteiger partial charge in [-0.3, -0.25) is 10.1 Å². The maximum atomic E-state index is 11.9. The predicted molar refractivity (Wildman–Crippen MR) is 77.6 cm³/mol. The fraction of sp³-hybridized carbons (Fsp3) is 0.643. The summed E-state index contributed by atoms with van der Waals surface area (Å²) in [6.45, 7) is 2.00. The number of piperidine rings is 1. The summed E-state index contributed by atoms with van der Waals surface area (Å²) in [6.07, 6.45) is 10.6. The lowest BCUT2D eigenvalue weighted by Crippen LogP contribution is -2.30. The van der Waals surface area contributed by atoms with Crippen molar-refractivity contribution in [2.45, 2.75) is 38.5 Å². The van der Waals surface area contributed by atoms with E-state index < -0.39 is 0 Å². The van der Waals surface area contributed by atoms with Crippen molar-refractivity contribution in [3.05, 3.63) is 12.2 Å². The minimum Gasteiger partial charge on any atom is -0.340 e. The fourth-order valence-electron chi connectivity index (χ4n) is 2.83. The van der Waals surface area contributed by atoms with Crippen LogP contribution in [0.25, 0.3) is 0 Å². The van der Waals surface area contributed by atoms with Crippen molar-refractivity contribution in [1.82, 2.24) is 15.2 Å². The van der Waals surface area contributed by atoms with Gasteiger partial charge >= 0.3 is 0 Å². The molecule has 1 atom stereocenters. The van der Waals surface area contributed by atoms with Crippen LogP contribution in [0.2, 0.25) is 0 Å². The Morgan fingerprint density at radius 2 is 2.25 bits per heavy atom. The number of hydrogen-bond donors (Lipinski definition) is 2. The molecule has 2 heterocycles. The number of carbonyl (C=O) groups excluding carboxylic acids is 1. The SMILES string of the molecule is O=C(C[C@H]1C=CCC1)Nc1nc(N2CCCCC2)n[nH]1. The Kier molecular flexibility index (Phi) is 3.99. The molecule has 0 radical (unpaired) electrons. The van der Waals surface area contributed by atoms with Gasteiger partial charge in [-0.25, -0.2) is 5.10 Å². The molecule has 108 valence electrons. The molecule has 2 N–H and O–H groups in total. The standard InChI is InChI=1S/C14H21N5O/c20-12(10-11-6-2-3-7-11)15-13-16-14(18-17-13)19-8-4-1-5-9-19/h2,6,11H,1,3-5,7-10H2,(H2,15,16,17,18,20)/t11-/m0/s1. The number of aromatic amines is 1. The Morgan fingerprint density at radius 1 is 1.40 bits per heavy atom. The summed E-state index contributed by atoms with van der Waals surface area (Å²) in [7, 11) is 0. The molecule has 1 amide bonds. The van der Waals surface area contributed by atoms with Crippen LogP contribution in [0.4, 0.5) is 11.9 Å². The van der Waals surface area contributed by atoms with E-state index in [-0.39, 0.29) is 5.91 Å². The number of nitrogens with zero attached hydrogens (tertiary/aromatic N) is 3. The smallest absolute Gasteiger partial charge is 0.246 e. The van der Waals surface area contributed by atoms with E-state index in [1.807, 2.05) is 0 Å². The van der Waals surface area contributed by atoms with Gasteiger partial charge in [0.1, 0.15) is 0 Å². The average molecular weight is 275 g/mol. The fourth-order valence-corrected chi connectivity index (χ4v) is 2.83. The van der Waals surface area contributed by atoms with Gasteiger partial charge in [0.2, 0.25) is 17.8 Å². The van der Waals surface area contributed by atoms with Gasteiger partial charge in [-0.1, -0.05) is 12.2 Å². The van der Waals surface area contributed by atoms with E-state index in [0.29, 0.717) is 24.2 Å². The summed E-state index contributed by atoms with van der Waals surface area (Å²) in [5, 5.41) is 9.79. The number of hydrogen-bond acceptors (Lipinski definition) is 4. The van der Waals surface area contributed by atoms with Crippen molar-refractivity contribution in [2.75, 3.05) is 23.3 Å². The molecular formula is C14H21N5O. The molecule has 1 aromatic heterocycles. The first-order valence-electron chi connectivity index (χ1n) is 7.45. The number of nitrogens with one attached hydrogen (secondary N) is 2. The zero-order valence-corrected chi connectivity index (χ0v) is 11.6. The van der Waals surface area contributed by atoms with Crippen LogP contribution in [0.3, 0.4) is 0 Å². The van der Waals surface area contributed by atoms with Crippen LogP contribution in [0.15, 0.2) is 12.2 Å². The van der Waals surface area contributed by atoms with Crippen molar-refractivity contribution in [3.63, 3.8) is 0 Å². The van der Waals surface area contributed by atoms with E-state index in [2.05, 4.69) is 37.6 Å². The molecule has 0 spiro atoms. The molecule has 20 heavy (non-hydrogen) atoms. The lowest BCUT2D eigenvalue weighted by Gasteiger charge is -2.24. The Labute approximate surface area is 118 Å². The maximum Gasteiger partial charge on any atom is 0.246 e. The molecular weight excluding hydrogens is 254 g/mol. The third-order valence-corrected chi connectivity index (χ3v) is 3.93. The monoisotopic (exact) mass is 275 g/mol. The molecule has 1 aromatic rings. The van der Waals surface area contributed by atoms with E-state index in [4.69, 9.17) is 0 Å². The third-order valence-electron chi connectivity index (χ3n) is 3.93. The molecule has 0 saturated carbocycles.